The highest BCUT2D eigenvalue weighted by atomic mass is 35.5. The van der Waals surface area contributed by atoms with Crippen molar-refractivity contribution in [2.24, 2.45) is 5.73 Å². The fourth-order valence-corrected chi connectivity index (χ4v) is 1.30. The summed E-state index contributed by atoms with van der Waals surface area (Å²) in [4.78, 5) is 0. The monoisotopic (exact) mass is 213 g/mol. The van der Waals surface area contributed by atoms with Crippen molar-refractivity contribution in [2.45, 2.75) is 6.04 Å². The van der Waals surface area contributed by atoms with Gasteiger partial charge in [-0.2, -0.15) is 0 Å². The molecule has 0 saturated carbocycles. The van der Waals surface area contributed by atoms with E-state index in [-0.39, 0.29) is 16.8 Å². The van der Waals surface area contributed by atoms with Crippen LogP contribution < -0.4 is 10.5 Å². The van der Waals surface area contributed by atoms with E-state index in [9.17, 15) is 5.11 Å². The summed E-state index contributed by atoms with van der Waals surface area (Å²) in [6, 6.07) is 2.90. The first-order valence-corrected chi connectivity index (χ1v) is 4.42. The van der Waals surface area contributed by atoms with E-state index in [0.29, 0.717) is 5.75 Å². The molecule has 0 aliphatic heterocycles. The van der Waals surface area contributed by atoms with Gasteiger partial charge >= 0.3 is 0 Å². The highest BCUT2D eigenvalue weighted by molar-refractivity contribution is 6.32. The van der Waals surface area contributed by atoms with Crippen LogP contribution in [0.5, 0.6) is 11.5 Å². The van der Waals surface area contributed by atoms with Crippen molar-refractivity contribution in [1.29, 1.82) is 0 Å². The predicted molar refractivity (Wildman–Crippen MR) is 56.8 cm³/mol. The smallest absolute Gasteiger partial charge is 0.176 e. The molecule has 4 heteroatoms. The minimum Gasteiger partial charge on any atom is -0.503 e. The first kappa shape index (κ1) is 10.9. The number of hydrogen-bond acceptors (Lipinski definition) is 3. The highest BCUT2D eigenvalue weighted by Crippen LogP contribution is 2.36. The van der Waals surface area contributed by atoms with E-state index in [1.54, 1.807) is 18.2 Å². The zero-order chi connectivity index (χ0) is 10.7. The number of methoxy groups -OCH3 is 1. The van der Waals surface area contributed by atoms with E-state index in [4.69, 9.17) is 22.1 Å². The lowest BCUT2D eigenvalue weighted by Gasteiger charge is -2.11. The van der Waals surface area contributed by atoms with Crippen LogP contribution in [-0.4, -0.2) is 12.2 Å². The quantitative estimate of drug-likeness (QED) is 0.758. The molecule has 0 heterocycles. The third-order valence-corrected chi connectivity index (χ3v) is 2.20. The Morgan fingerprint density at radius 1 is 1.64 bits per heavy atom. The Bertz CT molecular complexity index is 352. The fourth-order valence-electron chi connectivity index (χ4n) is 1.08. The highest BCUT2D eigenvalue weighted by Gasteiger charge is 2.11. The normalized spacial score (nSPS) is 12.2. The van der Waals surface area contributed by atoms with Crippen LogP contribution in [0.25, 0.3) is 0 Å². The fraction of sp³-hybridized carbons (Fsp3) is 0.200. The van der Waals surface area contributed by atoms with E-state index in [1.807, 2.05) is 0 Å². The number of phenolic OH excluding ortho intramolecular Hbond substituents is 1. The molecule has 1 rings (SSSR count). The summed E-state index contributed by atoms with van der Waals surface area (Å²) in [7, 11) is 1.45. The van der Waals surface area contributed by atoms with Crippen molar-refractivity contribution < 1.29 is 9.84 Å². The lowest BCUT2D eigenvalue weighted by Crippen LogP contribution is -2.06. The number of ether oxygens (including phenoxy) is 1. The van der Waals surface area contributed by atoms with Crippen LogP contribution in [0.4, 0.5) is 0 Å². The van der Waals surface area contributed by atoms with E-state index in [2.05, 4.69) is 6.58 Å². The largest absolute Gasteiger partial charge is 0.503 e. The molecule has 0 radical (unpaired) electrons. The van der Waals surface area contributed by atoms with Crippen molar-refractivity contribution >= 4 is 11.6 Å². The van der Waals surface area contributed by atoms with Crippen LogP contribution in [0.2, 0.25) is 5.02 Å². The summed E-state index contributed by atoms with van der Waals surface area (Å²) in [6.45, 7) is 3.57. The van der Waals surface area contributed by atoms with Gasteiger partial charge in [0.1, 0.15) is 0 Å². The molecule has 0 spiro atoms. The Morgan fingerprint density at radius 3 is 2.79 bits per heavy atom. The second-order valence-electron chi connectivity index (χ2n) is 2.82. The van der Waals surface area contributed by atoms with Gasteiger partial charge in [0.2, 0.25) is 0 Å². The Balaban J connectivity index is 3.22. The number of hydrogen-bond donors (Lipinski definition) is 2. The minimum absolute atomic E-state index is 0.0748. The lowest BCUT2D eigenvalue weighted by molar-refractivity contribution is 0.373. The molecule has 0 aliphatic carbocycles. The van der Waals surface area contributed by atoms with Crippen LogP contribution in [-0.2, 0) is 0 Å². The Kier molecular flexibility index (Phi) is 3.38. The molecule has 0 bridgehead atoms. The molecule has 3 nitrogen and oxygen atoms in total. The molecule has 76 valence electrons. The van der Waals surface area contributed by atoms with Crippen LogP contribution in [0, 0.1) is 0 Å². The minimum atomic E-state index is -0.318. The molecule has 1 aromatic rings. The average Bonchev–Trinajstić information content (AvgIpc) is 2.20. The third-order valence-electron chi connectivity index (χ3n) is 1.91. The number of halogens is 1. The second kappa shape index (κ2) is 4.35. The topological polar surface area (TPSA) is 55.5 Å². The van der Waals surface area contributed by atoms with Crippen LogP contribution in [0.3, 0.4) is 0 Å². The third kappa shape index (κ3) is 2.00. The molecule has 0 amide bonds. The first-order chi connectivity index (χ1) is 6.60. The number of benzene rings is 1. The van der Waals surface area contributed by atoms with Gasteiger partial charge in [-0.05, 0) is 17.7 Å². The van der Waals surface area contributed by atoms with Crippen molar-refractivity contribution in [3.63, 3.8) is 0 Å². The molecule has 1 atom stereocenters. The van der Waals surface area contributed by atoms with Gasteiger partial charge in [-0.15, -0.1) is 6.58 Å². The summed E-state index contributed by atoms with van der Waals surface area (Å²) in [5, 5.41) is 9.67. The summed E-state index contributed by atoms with van der Waals surface area (Å²) >= 11 is 5.78. The Labute approximate surface area is 87.8 Å². The standard InChI is InChI=1S/C10H12ClNO2/c1-3-8(12)6-4-7(11)10(13)9(5-6)14-2/h3-5,8,13H,1,12H2,2H3/t8-/m1/s1. The summed E-state index contributed by atoms with van der Waals surface area (Å²) in [5.41, 5.74) is 6.47. The van der Waals surface area contributed by atoms with Crippen LogP contribution in [0.15, 0.2) is 24.8 Å². The molecule has 0 fully saturated rings. The van der Waals surface area contributed by atoms with E-state index >= 15 is 0 Å². The molecule has 1 aromatic carbocycles. The van der Waals surface area contributed by atoms with Crippen molar-refractivity contribution in [2.75, 3.05) is 7.11 Å². The molecular formula is C10H12ClNO2. The molecule has 14 heavy (non-hydrogen) atoms. The van der Waals surface area contributed by atoms with E-state index in [0.717, 1.165) is 5.56 Å². The average molecular weight is 214 g/mol. The van der Waals surface area contributed by atoms with Gasteiger partial charge in [0.05, 0.1) is 12.1 Å². The van der Waals surface area contributed by atoms with Crippen molar-refractivity contribution in [3.8, 4) is 11.5 Å². The number of rotatable bonds is 3. The van der Waals surface area contributed by atoms with Gasteiger partial charge in [0.15, 0.2) is 11.5 Å². The van der Waals surface area contributed by atoms with Gasteiger partial charge in [0, 0.05) is 6.04 Å². The molecule has 0 saturated heterocycles. The predicted octanol–water partition coefficient (Wildman–Crippen LogP) is 2.24. The molecule has 0 aliphatic rings. The van der Waals surface area contributed by atoms with Crippen LogP contribution >= 0.6 is 11.6 Å². The van der Waals surface area contributed by atoms with Crippen molar-refractivity contribution in [1.82, 2.24) is 0 Å². The molecule has 0 unspecified atom stereocenters. The maximum atomic E-state index is 9.45. The number of phenols is 1. The molecular weight excluding hydrogens is 202 g/mol. The van der Waals surface area contributed by atoms with Gasteiger partial charge in [-0.25, -0.2) is 0 Å². The maximum absolute atomic E-state index is 9.45. The van der Waals surface area contributed by atoms with Gasteiger partial charge in [-0.3, -0.25) is 0 Å². The zero-order valence-corrected chi connectivity index (χ0v) is 8.58. The Hall–Kier alpha value is -1.19. The zero-order valence-electron chi connectivity index (χ0n) is 7.83. The van der Waals surface area contributed by atoms with Gasteiger partial charge in [-0.1, -0.05) is 17.7 Å². The molecule has 0 aromatic heterocycles. The van der Waals surface area contributed by atoms with Crippen LogP contribution in [0.1, 0.15) is 11.6 Å². The SMILES string of the molecule is C=C[C@@H](N)c1cc(Cl)c(O)c(OC)c1. The van der Waals surface area contributed by atoms with E-state index in [1.165, 1.54) is 7.11 Å². The maximum Gasteiger partial charge on any atom is 0.176 e. The Morgan fingerprint density at radius 2 is 2.29 bits per heavy atom. The van der Waals surface area contributed by atoms with Gasteiger partial charge in [0.25, 0.3) is 0 Å². The number of nitrogens with two attached hydrogens (primary N) is 1. The summed E-state index contributed by atoms with van der Waals surface area (Å²) < 4.78 is 4.94. The lowest BCUT2D eigenvalue weighted by atomic mass is 10.1. The summed E-state index contributed by atoms with van der Waals surface area (Å²) in [5.74, 6) is 0.235. The van der Waals surface area contributed by atoms with E-state index < -0.39 is 0 Å². The second-order valence-corrected chi connectivity index (χ2v) is 3.22. The summed E-state index contributed by atoms with van der Waals surface area (Å²) in [6.07, 6.45) is 1.59. The first-order valence-electron chi connectivity index (χ1n) is 4.04. The van der Waals surface area contributed by atoms with Crippen molar-refractivity contribution in [3.05, 3.63) is 35.4 Å². The van der Waals surface area contributed by atoms with Gasteiger partial charge < -0.3 is 15.6 Å². The number of aromatic hydroxyl groups is 1. The molecule has 3 N–H and O–H groups in total.